The molecule has 2 rings (SSSR count). The molecule has 1 aliphatic heterocycles. The predicted octanol–water partition coefficient (Wildman–Crippen LogP) is 2.54. The number of hydrogen-bond acceptors (Lipinski definition) is 2. The van der Waals surface area contributed by atoms with Gasteiger partial charge in [-0.3, -0.25) is 4.79 Å². The van der Waals surface area contributed by atoms with E-state index in [1.165, 1.54) is 18.4 Å². The molecule has 0 aromatic heterocycles. The lowest BCUT2D eigenvalue weighted by Gasteiger charge is -2.31. The molecule has 0 N–H and O–H groups in total. The van der Waals surface area contributed by atoms with E-state index in [9.17, 15) is 9.18 Å². The number of ketones is 1. The second-order valence-electron chi connectivity index (χ2n) is 3.77. The van der Waals surface area contributed by atoms with Gasteiger partial charge in [0.05, 0.1) is 12.7 Å². The first-order chi connectivity index (χ1) is 7.12. The Morgan fingerprint density at radius 3 is 2.80 bits per heavy atom. The van der Waals surface area contributed by atoms with Crippen molar-refractivity contribution in [3.63, 3.8) is 0 Å². The molecular formula is C12H11FO2. The molecule has 3 heteroatoms. The molecule has 78 valence electrons. The van der Waals surface area contributed by atoms with Crippen LogP contribution in [0.3, 0.4) is 0 Å². The number of hydrogen-bond donors (Lipinski definition) is 0. The highest BCUT2D eigenvalue weighted by atomic mass is 19.1. The monoisotopic (exact) mass is 206 g/mol. The number of ether oxygens (including phenoxy) is 1. The van der Waals surface area contributed by atoms with Crippen molar-refractivity contribution in [2.75, 3.05) is 0 Å². The summed E-state index contributed by atoms with van der Waals surface area (Å²) in [6.07, 6.45) is 2.87. The van der Waals surface area contributed by atoms with Crippen LogP contribution in [0.4, 0.5) is 4.39 Å². The van der Waals surface area contributed by atoms with E-state index in [0.29, 0.717) is 5.56 Å². The summed E-state index contributed by atoms with van der Waals surface area (Å²) in [6, 6.07) is 6.35. The summed E-state index contributed by atoms with van der Waals surface area (Å²) >= 11 is 0. The number of carbonyl (C=O) groups excluding carboxylic acids is 1. The zero-order valence-corrected chi connectivity index (χ0v) is 8.37. The lowest BCUT2D eigenvalue weighted by Crippen LogP contribution is -2.30. The molecule has 2 nitrogen and oxygen atoms in total. The average molecular weight is 206 g/mol. The van der Waals surface area contributed by atoms with Gasteiger partial charge in [-0.25, -0.2) is 4.39 Å². The maximum atomic E-state index is 13.5. The van der Waals surface area contributed by atoms with Gasteiger partial charge in [0.1, 0.15) is 11.4 Å². The molecule has 0 bridgehead atoms. The van der Waals surface area contributed by atoms with Gasteiger partial charge < -0.3 is 4.74 Å². The number of allylic oxidation sites excluding steroid dienone is 1. The van der Waals surface area contributed by atoms with Gasteiger partial charge in [0.25, 0.3) is 0 Å². The highest BCUT2D eigenvalue weighted by molar-refractivity contribution is 5.91. The minimum atomic E-state index is -0.878. The summed E-state index contributed by atoms with van der Waals surface area (Å²) in [5.74, 6) is -0.393. The Balaban J connectivity index is 2.42. The molecule has 0 spiro atoms. The molecule has 1 aliphatic rings. The molecule has 0 saturated heterocycles. The third kappa shape index (κ3) is 1.77. The van der Waals surface area contributed by atoms with Gasteiger partial charge in [-0.2, -0.15) is 0 Å². The van der Waals surface area contributed by atoms with Gasteiger partial charge in [-0.05, 0) is 13.0 Å². The van der Waals surface area contributed by atoms with Crippen LogP contribution in [0.25, 0.3) is 0 Å². The minimum Gasteiger partial charge on any atom is -0.490 e. The van der Waals surface area contributed by atoms with E-state index in [1.54, 1.807) is 25.1 Å². The molecule has 1 heterocycles. The van der Waals surface area contributed by atoms with Crippen molar-refractivity contribution in [3.05, 3.63) is 48.0 Å². The molecule has 0 aliphatic carbocycles. The largest absolute Gasteiger partial charge is 0.490 e. The van der Waals surface area contributed by atoms with Crippen LogP contribution in [0.15, 0.2) is 36.6 Å². The summed E-state index contributed by atoms with van der Waals surface area (Å²) in [4.78, 5) is 11.3. The summed E-state index contributed by atoms with van der Waals surface area (Å²) in [5, 5.41) is 0. The molecule has 1 atom stereocenters. The van der Waals surface area contributed by atoms with Crippen LogP contribution >= 0.6 is 0 Å². The average Bonchev–Trinajstić information content (AvgIpc) is 2.17. The van der Waals surface area contributed by atoms with Crippen molar-refractivity contribution in [1.82, 2.24) is 0 Å². The lowest BCUT2D eigenvalue weighted by molar-refractivity contribution is -0.122. The van der Waals surface area contributed by atoms with Crippen LogP contribution in [-0.2, 0) is 15.1 Å². The van der Waals surface area contributed by atoms with Gasteiger partial charge in [-0.15, -0.1) is 0 Å². The predicted molar refractivity (Wildman–Crippen MR) is 53.6 cm³/mol. The molecule has 0 radical (unpaired) electrons. The zero-order chi connectivity index (χ0) is 10.9. The Hall–Kier alpha value is -1.64. The summed E-state index contributed by atoms with van der Waals surface area (Å²) < 4.78 is 18.9. The van der Waals surface area contributed by atoms with Crippen molar-refractivity contribution >= 4 is 5.78 Å². The maximum Gasteiger partial charge on any atom is 0.163 e. The fourth-order valence-corrected chi connectivity index (χ4v) is 1.74. The standard InChI is InChI=1S/C12H11FO2/c1-12(8-9(14)6-7-15-12)10-4-2-3-5-11(10)13/h2-7H,8H2,1H3. The van der Waals surface area contributed by atoms with Crippen LogP contribution in [0.5, 0.6) is 0 Å². The van der Waals surface area contributed by atoms with Crippen molar-refractivity contribution in [1.29, 1.82) is 0 Å². The van der Waals surface area contributed by atoms with Crippen molar-refractivity contribution in [3.8, 4) is 0 Å². The molecule has 1 aromatic carbocycles. The van der Waals surface area contributed by atoms with Crippen LogP contribution in [-0.4, -0.2) is 5.78 Å². The summed E-state index contributed by atoms with van der Waals surface area (Å²) in [5.41, 5.74) is -0.459. The Kier molecular flexibility index (Phi) is 2.31. The smallest absolute Gasteiger partial charge is 0.163 e. The SMILES string of the molecule is CC1(c2ccccc2F)CC(=O)C=CO1. The van der Waals surface area contributed by atoms with E-state index in [4.69, 9.17) is 4.74 Å². The van der Waals surface area contributed by atoms with Crippen LogP contribution < -0.4 is 0 Å². The van der Waals surface area contributed by atoms with Gasteiger partial charge >= 0.3 is 0 Å². The highest BCUT2D eigenvalue weighted by Gasteiger charge is 2.34. The molecule has 1 aromatic rings. The minimum absolute atomic E-state index is 0.0491. The number of benzene rings is 1. The topological polar surface area (TPSA) is 26.3 Å². The third-order valence-electron chi connectivity index (χ3n) is 2.54. The molecule has 15 heavy (non-hydrogen) atoms. The Labute approximate surface area is 87.4 Å². The lowest BCUT2D eigenvalue weighted by atomic mass is 9.89. The van der Waals surface area contributed by atoms with E-state index in [2.05, 4.69) is 0 Å². The van der Waals surface area contributed by atoms with E-state index < -0.39 is 5.60 Å². The van der Waals surface area contributed by atoms with Gasteiger partial charge in [0.15, 0.2) is 5.78 Å². The zero-order valence-electron chi connectivity index (χ0n) is 8.37. The Morgan fingerprint density at radius 2 is 2.13 bits per heavy atom. The van der Waals surface area contributed by atoms with Crippen LogP contribution in [0, 0.1) is 5.82 Å². The fraction of sp³-hybridized carbons (Fsp3) is 0.250. The van der Waals surface area contributed by atoms with Gasteiger partial charge in [0, 0.05) is 11.6 Å². The second kappa shape index (κ2) is 3.50. The third-order valence-corrected chi connectivity index (χ3v) is 2.54. The Morgan fingerprint density at radius 1 is 1.40 bits per heavy atom. The van der Waals surface area contributed by atoms with Crippen LogP contribution in [0.1, 0.15) is 18.9 Å². The Bertz CT molecular complexity index is 425. The quantitative estimate of drug-likeness (QED) is 0.705. The van der Waals surface area contributed by atoms with Gasteiger partial charge in [0.2, 0.25) is 0 Å². The molecule has 0 fully saturated rings. The fourth-order valence-electron chi connectivity index (χ4n) is 1.74. The van der Waals surface area contributed by atoms with Crippen molar-refractivity contribution < 1.29 is 13.9 Å². The van der Waals surface area contributed by atoms with E-state index in [-0.39, 0.29) is 18.0 Å². The van der Waals surface area contributed by atoms with E-state index in [0.717, 1.165) is 0 Å². The van der Waals surface area contributed by atoms with E-state index in [1.807, 2.05) is 0 Å². The number of carbonyl (C=O) groups is 1. The molecular weight excluding hydrogens is 195 g/mol. The van der Waals surface area contributed by atoms with Gasteiger partial charge in [-0.1, -0.05) is 18.2 Å². The summed E-state index contributed by atoms with van der Waals surface area (Å²) in [6.45, 7) is 1.72. The van der Waals surface area contributed by atoms with Crippen molar-refractivity contribution in [2.24, 2.45) is 0 Å². The van der Waals surface area contributed by atoms with Crippen LogP contribution in [0.2, 0.25) is 0 Å². The number of rotatable bonds is 1. The first-order valence-corrected chi connectivity index (χ1v) is 4.74. The second-order valence-corrected chi connectivity index (χ2v) is 3.77. The maximum absolute atomic E-state index is 13.5. The van der Waals surface area contributed by atoms with E-state index >= 15 is 0 Å². The first kappa shape index (κ1) is 9.90. The highest BCUT2D eigenvalue weighted by Crippen LogP contribution is 2.33. The van der Waals surface area contributed by atoms with Crippen molar-refractivity contribution in [2.45, 2.75) is 18.9 Å². The molecule has 0 saturated carbocycles. The molecule has 0 amide bonds. The first-order valence-electron chi connectivity index (χ1n) is 4.74. The number of halogens is 1. The normalized spacial score (nSPS) is 25.1. The molecule has 1 unspecified atom stereocenters. The summed E-state index contributed by atoms with van der Waals surface area (Å²) in [7, 11) is 0.